The number of ether oxygens (including phenoxy) is 3. The van der Waals surface area contributed by atoms with Crippen LogP contribution in [0.4, 0.5) is 0 Å². The molecule has 0 amide bonds. The second-order valence-electron chi connectivity index (χ2n) is 16.1. The van der Waals surface area contributed by atoms with E-state index >= 15 is 0 Å². The van der Waals surface area contributed by atoms with Crippen molar-refractivity contribution in [1.29, 1.82) is 0 Å². The minimum absolute atomic E-state index is 0.104. The number of hydrogen-bond donors (Lipinski definition) is 0. The fraction of sp³-hybridized carbons (Fsp3) is 0.596. The van der Waals surface area contributed by atoms with Crippen LogP contribution in [0.15, 0.2) is 122 Å². The van der Waals surface area contributed by atoms with E-state index in [1.165, 1.54) is 32.1 Å². The average molecular weight is 871 g/mol. The lowest BCUT2D eigenvalue weighted by Gasteiger charge is -2.18. The first-order chi connectivity index (χ1) is 31.0. The van der Waals surface area contributed by atoms with Crippen molar-refractivity contribution in [3.05, 3.63) is 122 Å². The lowest BCUT2D eigenvalue weighted by atomic mass is 10.1. The Bertz CT molecular complexity index is 1370. The summed E-state index contributed by atoms with van der Waals surface area (Å²) in [5.41, 5.74) is 0. The maximum Gasteiger partial charge on any atom is 0.306 e. The predicted molar refractivity (Wildman–Crippen MR) is 269 cm³/mol. The fourth-order valence-corrected chi connectivity index (χ4v) is 6.39. The van der Waals surface area contributed by atoms with Gasteiger partial charge in [-0.15, -0.1) is 0 Å². The number of unbranched alkanes of at least 4 members (excludes halogenated alkanes) is 18. The van der Waals surface area contributed by atoms with Gasteiger partial charge >= 0.3 is 17.9 Å². The Morgan fingerprint density at radius 2 is 0.698 bits per heavy atom. The van der Waals surface area contributed by atoms with Crippen LogP contribution in [0.25, 0.3) is 0 Å². The Morgan fingerprint density at radius 1 is 0.349 bits per heavy atom. The van der Waals surface area contributed by atoms with Crippen molar-refractivity contribution in [3.63, 3.8) is 0 Å². The molecule has 0 aromatic heterocycles. The van der Waals surface area contributed by atoms with E-state index in [1.54, 1.807) is 0 Å². The molecule has 6 nitrogen and oxygen atoms in total. The van der Waals surface area contributed by atoms with Gasteiger partial charge in [0.15, 0.2) is 6.10 Å². The van der Waals surface area contributed by atoms with Crippen molar-refractivity contribution in [3.8, 4) is 0 Å². The Balaban J connectivity index is 4.50. The van der Waals surface area contributed by atoms with Crippen molar-refractivity contribution in [1.82, 2.24) is 0 Å². The number of hydrogen-bond acceptors (Lipinski definition) is 6. The van der Waals surface area contributed by atoms with Crippen LogP contribution in [0.5, 0.6) is 0 Å². The number of carbonyl (C=O) groups is 3. The third-order valence-corrected chi connectivity index (χ3v) is 10.1. The van der Waals surface area contributed by atoms with E-state index in [1.807, 2.05) is 36.5 Å². The number of allylic oxidation sites excluding steroid dienone is 20. The van der Waals surface area contributed by atoms with Gasteiger partial charge in [-0.3, -0.25) is 14.4 Å². The third-order valence-electron chi connectivity index (χ3n) is 10.1. The molecule has 63 heavy (non-hydrogen) atoms. The van der Waals surface area contributed by atoms with Gasteiger partial charge in [0.25, 0.3) is 0 Å². The molecule has 0 rings (SSSR count). The molecule has 1 unspecified atom stereocenters. The topological polar surface area (TPSA) is 78.9 Å². The summed E-state index contributed by atoms with van der Waals surface area (Å²) in [5.74, 6) is -0.966. The molecule has 0 aliphatic rings. The minimum Gasteiger partial charge on any atom is -0.462 e. The molecule has 0 fully saturated rings. The predicted octanol–water partition coefficient (Wildman–Crippen LogP) is 16.5. The first-order valence-electron chi connectivity index (χ1n) is 25.1. The molecule has 0 aromatic rings. The maximum absolute atomic E-state index is 12.8. The molecule has 0 heterocycles. The molecule has 0 radical (unpaired) electrons. The summed E-state index contributed by atoms with van der Waals surface area (Å²) in [5, 5.41) is 0. The van der Waals surface area contributed by atoms with Gasteiger partial charge < -0.3 is 14.2 Å². The summed E-state index contributed by atoms with van der Waals surface area (Å²) < 4.78 is 16.7. The molecule has 0 aliphatic carbocycles. The molecule has 0 bridgehead atoms. The molecule has 0 aliphatic heterocycles. The van der Waals surface area contributed by atoms with E-state index in [0.29, 0.717) is 19.3 Å². The zero-order valence-corrected chi connectivity index (χ0v) is 40.3. The van der Waals surface area contributed by atoms with E-state index in [9.17, 15) is 14.4 Å². The molecule has 354 valence electrons. The van der Waals surface area contributed by atoms with Crippen molar-refractivity contribution >= 4 is 17.9 Å². The highest BCUT2D eigenvalue weighted by molar-refractivity contribution is 5.71. The van der Waals surface area contributed by atoms with Crippen LogP contribution in [0.1, 0.15) is 201 Å². The molecular formula is C57H90O6. The Kier molecular flexibility index (Phi) is 47.1. The van der Waals surface area contributed by atoms with E-state index in [0.717, 1.165) is 128 Å². The SMILES string of the molecule is CC\C=C/C=C\C=C/CCCCCCCC(=O)OCC(COC(=O)CCCCCCC\C=C/C=C\C=C/C=C\C=C/CCC)OC(=O)CCCCCCCCC/C=C\C/C=C\CC. The lowest BCUT2D eigenvalue weighted by Crippen LogP contribution is -2.30. The van der Waals surface area contributed by atoms with Gasteiger partial charge in [-0.05, 0) is 83.5 Å². The molecule has 0 saturated carbocycles. The minimum atomic E-state index is -0.804. The van der Waals surface area contributed by atoms with Crippen LogP contribution in [0, 0.1) is 0 Å². The molecule has 6 heteroatoms. The Hall–Kier alpha value is -4.19. The highest BCUT2D eigenvalue weighted by Crippen LogP contribution is 2.13. The molecule has 0 N–H and O–H groups in total. The van der Waals surface area contributed by atoms with Crippen LogP contribution >= 0.6 is 0 Å². The van der Waals surface area contributed by atoms with Gasteiger partial charge in [-0.1, -0.05) is 219 Å². The first kappa shape index (κ1) is 58.8. The van der Waals surface area contributed by atoms with E-state index in [4.69, 9.17) is 14.2 Å². The summed E-state index contributed by atoms with van der Waals surface area (Å²) >= 11 is 0. The van der Waals surface area contributed by atoms with Gasteiger partial charge in [0, 0.05) is 19.3 Å². The van der Waals surface area contributed by atoms with Crippen LogP contribution < -0.4 is 0 Å². The van der Waals surface area contributed by atoms with Crippen molar-refractivity contribution in [2.24, 2.45) is 0 Å². The monoisotopic (exact) mass is 871 g/mol. The Labute approximate surface area is 386 Å². The van der Waals surface area contributed by atoms with Crippen molar-refractivity contribution in [2.45, 2.75) is 207 Å². The molecule has 0 spiro atoms. The lowest BCUT2D eigenvalue weighted by molar-refractivity contribution is -0.167. The summed E-state index contributed by atoms with van der Waals surface area (Å²) in [6.07, 6.45) is 68.9. The molecule has 0 saturated heterocycles. The quantitative estimate of drug-likeness (QED) is 0.0200. The third kappa shape index (κ3) is 48.7. The summed E-state index contributed by atoms with van der Waals surface area (Å²) in [7, 11) is 0. The van der Waals surface area contributed by atoms with Crippen LogP contribution in [0.3, 0.4) is 0 Å². The number of carbonyl (C=O) groups excluding carboxylic acids is 3. The van der Waals surface area contributed by atoms with Gasteiger partial charge in [-0.25, -0.2) is 0 Å². The Morgan fingerprint density at radius 3 is 1.14 bits per heavy atom. The van der Waals surface area contributed by atoms with E-state index in [2.05, 4.69) is 106 Å². The van der Waals surface area contributed by atoms with Gasteiger partial charge in [0.2, 0.25) is 0 Å². The van der Waals surface area contributed by atoms with Gasteiger partial charge in [0.05, 0.1) is 0 Å². The molecule has 0 aromatic carbocycles. The second-order valence-corrected chi connectivity index (χ2v) is 16.1. The number of esters is 3. The van der Waals surface area contributed by atoms with Crippen LogP contribution in [-0.4, -0.2) is 37.2 Å². The average Bonchev–Trinajstić information content (AvgIpc) is 3.28. The maximum atomic E-state index is 12.8. The zero-order valence-electron chi connectivity index (χ0n) is 40.3. The number of rotatable bonds is 43. The van der Waals surface area contributed by atoms with Crippen LogP contribution in [0.2, 0.25) is 0 Å². The summed E-state index contributed by atoms with van der Waals surface area (Å²) in [4.78, 5) is 38.0. The van der Waals surface area contributed by atoms with Gasteiger partial charge in [-0.2, -0.15) is 0 Å². The van der Waals surface area contributed by atoms with E-state index in [-0.39, 0.29) is 31.1 Å². The highest BCUT2D eigenvalue weighted by atomic mass is 16.6. The normalized spacial score (nSPS) is 13.1. The van der Waals surface area contributed by atoms with E-state index < -0.39 is 6.10 Å². The largest absolute Gasteiger partial charge is 0.462 e. The molecular weight excluding hydrogens is 781 g/mol. The zero-order chi connectivity index (χ0) is 45.8. The fourth-order valence-electron chi connectivity index (χ4n) is 6.39. The highest BCUT2D eigenvalue weighted by Gasteiger charge is 2.19. The summed E-state index contributed by atoms with van der Waals surface area (Å²) in [6.45, 7) is 6.24. The van der Waals surface area contributed by atoms with Crippen LogP contribution in [-0.2, 0) is 28.6 Å². The molecule has 1 atom stereocenters. The summed E-state index contributed by atoms with van der Waals surface area (Å²) in [6, 6.07) is 0. The van der Waals surface area contributed by atoms with Crippen molar-refractivity contribution in [2.75, 3.05) is 13.2 Å². The standard InChI is InChI=1S/C57H90O6/c1-4-7-10-13-16-19-22-25-27-28-29-30-33-35-38-41-44-47-50-56(59)62-53-54(52-61-55(58)49-46-43-40-37-34-31-24-21-18-15-12-9-6-3)63-57(60)51-48-45-42-39-36-32-26-23-20-17-14-11-8-5-2/h8-13,15-22,24-25,27-30,54H,4-7,14,23,26,31-53H2,1-3H3/b11-8-,12-9-,13-10-,18-15-,19-16-,20-17-,24-21-,25-22-,28-27-,30-29-. The van der Waals surface area contributed by atoms with Gasteiger partial charge in [0.1, 0.15) is 13.2 Å². The van der Waals surface area contributed by atoms with Crippen molar-refractivity contribution < 1.29 is 28.6 Å². The first-order valence-corrected chi connectivity index (χ1v) is 25.1. The second kappa shape index (κ2) is 50.5. The smallest absolute Gasteiger partial charge is 0.306 e.